The molecule has 4 aromatic rings. The molecule has 1 fully saturated rings. The van der Waals surface area contributed by atoms with E-state index in [1.165, 1.54) is 0 Å². The van der Waals surface area contributed by atoms with Gasteiger partial charge in [0, 0.05) is 58.5 Å². The van der Waals surface area contributed by atoms with Crippen LogP contribution in [0, 0.1) is 5.92 Å². The molecule has 252 valence electrons. The SMILES string of the molecule is COc1ccc(C(=O)Nc2cccc(CN3C(=O)[C@@]4(O[C@@H](CCn5cc(CCO)nn5)[C@H]([Si](C)(C)F)[C@H]4C)c4cc(Br)ccc43)c2)cc1. The molecule has 13 heteroatoms. The molecular weight excluding hydrogens is 697 g/mol. The van der Waals surface area contributed by atoms with E-state index in [1.54, 1.807) is 66.3 Å². The van der Waals surface area contributed by atoms with Crippen LogP contribution in [0.4, 0.5) is 15.5 Å². The predicted octanol–water partition coefficient (Wildman–Crippen LogP) is 6.25. The van der Waals surface area contributed by atoms with Crippen LogP contribution in [0.2, 0.25) is 18.6 Å². The number of nitrogens with one attached hydrogen (secondary N) is 1. The second-order valence-electron chi connectivity index (χ2n) is 12.9. The number of aliphatic hydroxyl groups excluding tert-OH is 1. The van der Waals surface area contributed by atoms with Crippen LogP contribution in [0.5, 0.6) is 5.75 Å². The number of fused-ring (bicyclic) bond motifs is 2. The summed E-state index contributed by atoms with van der Waals surface area (Å²) in [5.74, 6) is -0.268. The monoisotopic (exact) mass is 735 g/mol. The molecule has 1 spiro atoms. The van der Waals surface area contributed by atoms with Crippen molar-refractivity contribution in [2.45, 2.75) is 63.2 Å². The molecule has 2 amide bonds. The van der Waals surface area contributed by atoms with Gasteiger partial charge < -0.3 is 28.9 Å². The Hall–Kier alpha value is -3.91. The maximum absolute atomic E-state index is 16.2. The molecule has 0 unspecified atom stereocenters. The number of carbonyl (C=O) groups excluding carboxylic acids is 2. The summed E-state index contributed by atoms with van der Waals surface area (Å²) in [6.07, 6.45) is 2.11. The summed E-state index contributed by atoms with van der Waals surface area (Å²) in [6.45, 7) is 5.95. The first-order chi connectivity index (χ1) is 22.9. The van der Waals surface area contributed by atoms with Crippen LogP contribution < -0.4 is 15.0 Å². The number of aliphatic hydroxyl groups is 1. The standard InChI is InChI=1S/C35H39BrFN5O5Si/c1-22-32(48(3,4)37)31(14-16-41-21-27(15-17-43)39-40-41)47-35(22)29-19-25(36)10-13-30(29)42(34(35)45)20-23-6-5-7-26(18-23)38-33(44)24-8-11-28(46-2)12-9-24/h5-13,18-19,21-22,31-32,43H,14-17,20H2,1-4H3,(H,38,44)/t22-,31+,32-,35+/m1/s1. The molecule has 3 heterocycles. The number of hydrogen-bond donors (Lipinski definition) is 2. The average molecular weight is 737 g/mol. The van der Waals surface area contributed by atoms with Gasteiger partial charge in [-0.05, 0) is 79.7 Å². The summed E-state index contributed by atoms with van der Waals surface area (Å²) in [4.78, 5) is 29.4. The zero-order valence-electron chi connectivity index (χ0n) is 27.3. The molecule has 3 aromatic carbocycles. The topological polar surface area (TPSA) is 119 Å². The van der Waals surface area contributed by atoms with Crippen molar-refractivity contribution in [1.82, 2.24) is 15.0 Å². The third-order valence-electron chi connectivity index (χ3n) is 9.40. The molecule has 48 heavy (non-hydrogen) atoms. The lowest BCUT2D eigenvalue weighted by molar-refractivity contribution is -0.146. The molecule has 6 rings (SSSR count). The van der Waals surface area contributed by atoms with E-state index in [0.29, 0.717) is 47.8 Å². The third-order valence-corrected chi connectivity index (χ3v) is 12.3. The molecule has 0 radical (unpaired) electrons. The van der Waals surface area contributed by atoms with Crippen LogP contribution >= 0.6 is 15.9 Å². The number of anilines is 2. The highest BCUT2D eigenvalue weighted by Crippen LogP contribution is 2.60. The lowest BCUT2D eigenvalue weighted by Crippen LogP contribution is -2.45. The van der Waals surface area contributed by atoms with Crippen molar-refractivity contribution in [2.75, 3.05) is 23.9 Å². The van der Waals surface area contributed by atoms with E-state index in [-0.39, 0.29) is 25.0 Å². The molecule has 1 saturated heterocycles. The van der Waals surface area contributed by atoms with Gasteiger partial charge in [-0.3, -0.25) is 14.3 Å². The van der Waals surface area contributed by atoms with Crippen molar-refractivity contribution in [3.8, 4) is 5.75 Å². The second kappa shape index (κ2) is 13.5. The zero-order valence-corrected chi connectivity index (χ0v) is 29.9. The van der Waals surface area contributed by atoms with Crippen molar-refractivity contribution >= 4 is 47.5 Å². The molecular formula is C35H39BrFN5O5Si. The van der Waals surface area contributed by atoms with Crippen molar-refractivity contribution in [2.24, 2.45) is 5.92 Å². The minimum atomic E-state index is -3.34. The quantitative estimate of drug-likeness (QED) is 0.138. The highest BCUT2D eigenvalue weighted by atomic mass is 79.9. The van der Waals surface area contributed by atoms with Gasteiger partial charge in [-0.15, -0.1) is 5.10 Å². The summed E-state index contributed by atoms with van der Waals surface area (Å²) in [5, 5.41) is 20.5. The van der Waals surface area contributed by atoms with Crippen LogP contribution in [0.25, 0.3) is 0 Å². The van der Waals surface area contributed by atoms with Crippen molar-refractivity contribution in [3.63, 3.8) is 0 Å². The van der Waals surface area contributed by atoms with Gasteiger partial charge in [0.05, 0.1) is 31.1 Å². The number of methoxy groups -OCH3 is 1. The fraction of sp³-hybridized carbons (Fsp3) is 0.371. The second-order valence-corrected chi connectivity index (χ2v) is 17.7. The number of nitrogens with zero attached hydrogens (tertiary/aromatic N) is 4. The van der Waals surface area contributed by atoms with Gasteiger partial charge in [0.1, 0.15) is 5.75 Å². The van der Waals surface area contributed by atoms with E-state index >= 15 is 4.11 Å². The Balaban J connectivity index is 1.27. The lowest BCUT2D eigenvalue weighted by atomic mass is 9.82. The average Bonchev–Trinajstić information content (AvgIpc) is 3.70. The normalized spacial score (nSPS) is 21.9. The summed E-state index contributed by atoms with van der Waals surface area (Å²) < 4.78 is 30.7. The summed E-state index contributed by atoms with van der Waals surface area (Å²) in [6, 6.07) is 20.0. The predicted molar refractivity (Wildman–Crippen MR) is 186 cm³/mol. The van der Waals surface area contributed by atoms with Gasteiger partial charge in [0.15, 0.2) is 5.60 Å². The van der Waals surface area contributed by atoms with Crippen LogP contribution in [0.3, 0.4) is 0 Å². The van der Waals surface area contributed by atoms with Crippen LogP contribution in [0.1, 0.15) is 40.5 Å². The Bertz CT molecular complexity index is 1820. The molecule has 2 aliphatic heterocycles. The van der Waals surface area contributed by atoms with Crippen LogP contribution in [-0.4, -0.2) is 60.1 Å². The third kappa shape index (κ3) is 6.43. The van der Waals surface area contributed by atoms with Gasteiger partial charge in [0.25, 0.3) is 11.8 Å². The fourth-order valence-electron chi connectivity index (χ4n) is 7.26. The number of benzene rings is 3. The van der Waals surface area contributed by atoms with E-state index in [4.69, 9.17) is 9.47 Å². The molecule has 2 aliphatic rings. The Morgan fingerprint density at radius 2 is 1.94 bits per heavy atom. The first kappa shape index (κ1) is 34.0. The van der Waals surface area contributed by atoms with E-state index in [9.17, 15) is 14.7 Å². The van der Waals surface area contributed by atoms with E-state index in [0.717, 1.165) is 15.6 Å². The van der Waals surface area contributed by atoms with Crippen molar-refractivity contribution in [3.05, 3.63) is 99.8 Å². The van der Waals surface area contributed by atoms with Gasteiger partial charge in [0.2, 0.25) is 8.41 Å². The molecule has 0 aliphatic carbocycles. The number of aromatic nitrogens is 3. The Labute approximate surface area is 288 Å². The maximum Gasteiger partial charge on any atom is 0.264 e. The minimum absolute atomic E-state index is 0.0234. The minimum Gasteiger partial charge on any atom is -0.497 e. The number of amides is 2. The van der Waals surface area contributed by atoms with Crippen LogP contribution in [-0.2, 0) is 34.6 Å². The molecule has 0 saturated carbocycles. The van der Waals surface area contributed by atoms with Crippen molar-refractivity contribution in [1.29, 1.82) is 0 Å². The van der Waals surface area contributed by atoms with Gasteiger partial charge in [-0.2, -0.15) is 0 Å². The summed E-state index contributed by atoms with van der Waals surface area (Å²) >= 11 is 3.59. The lowest BCUT2D eigenvalue weighted by Gasteiger charge is -2.31. The van der Waals surface area contributed by atoms with E-state index in [2.05, 4.69) is 31.6 Å². The molecule has 0 bridgehead atoms. The first-order valence-electron chi connectivity index (χ1n) is 16.0. The molecule has 4 atom stereocenters. The fourth-order valence-corrected chi connectivity index (χ4v) is 10.2. The maximum atomic E-state index is 16.2. The largest absolute Gasteiger partial charge is 0.497 e. The Kier molecular flexibility index (Phi) is 9.58. The number of ether oxygens (including phenoxy) is 2. The Morgan fingerprint density at radius 1 is 1.17 bits per heavy atom. The number of carbonyl (C=O) groups is 2. The summed E-state index contributed by atoms with van der Waals surface area (Å²) in [7, 11) is -1.77. The van der Waals surface area contributed by atoms with E-state index < -0.39 is 31.6 Å². The Morgan fingerprint density at radius 3 is 2.65 bits per heavy atom. The van der Waals surface area contributed by atoms with Crippen LogP contribution in [0.15, 0.2) is 77.4 Å². The number of halogens is 2. The van der Waals surface area contributed by atoms with E-state index in [1.807, 2.05) is 43.3 Å². The first-order valence-corrected chi connectivity index (χ1v) is 19.7. The number of aryl methyl sites for hydroxylation is 1. The smallest absolute Gasteiger partial charge is 0.264 e. The summed E-state index contributed by atoms with van der Waals surface area (Å²) in [5.41, 5.74) is 2.18. The highest BCUT2D eigenvalue weighted by molar-refractivity contribution is 9.10. The number of hydrogen-bond acceptors (Lipinski definition) is 7. The van der Waals surface area contributed by atoms with Gasteiger partial charge in [-0.1, -0.05) is 40.2 Å². The van der Waals surface area contributed by atoms with Gasteiger partial charge >= 0.3 is 0 Å². The molecule has 10 nitrogen and oxygen atoms in total. The number of rotatable bonds is 11. The zero-order chi connectivity index (χ0) is 34.2. The molecule has 1 aromatic heterocycles. The van der Waals surface area contributed by atoms with Gasteiger partial charge in [-0.25, -0.2) is 0 Å². The highest BCUT2D eigenvalue weighted by Gasteiger charge is 2.66. The van der Waals surface area contributed by atoms with Crippen molar-refractivity contribution < 1.29 is 28.3 Å². The molecule has 2 N–H and O–H groups in total.